The van der Waals surface area contributed by atoms with Crippen LogP contribution in [0.25, 0.3) is 16.9 Å². The van der Waals surface area contributed by atoms with Crippen molar-refractivity contribution in [3.8, 4) is 5.69 Å². The van der Waals surface area contributed by atoms with Gasteiger partial charge in [-0.3, -0.25) is 9.36 Å². The van der Waals surface area contributed by atoms with Crippen LogP contribution in [-0.2, 0) is 11.3 Å². The summed E-state index contributed by atoms with van der Waals surface area (Å²) in [6.07, 6.45) is 6.72. The summed E-state index contributed by atoms with van der Waals surface area (Å²) in [6, 6.07) is 13.0. The van der Waals surface area contributed by atoms with E-state index in [1.807, 2.05) is 36.4 Å². The number of nitrogens with one attached hydrogen (secondary N) is 1. The molecule has 2 aromatic heterocycles. The van der Waals surface area contributed by atoms with E-state index in [1.54, 1.807) is 16.8 Å². The van der Waals surface area contributed by atoms with E-state index in [-0.39, 0.29) is 18.1 Å². The molecule has 1 aliphatic heterocycles. The fourth-order valence-electron chi connectivity index (χ4n) is 3.96. The molecule has 1 amide bonds. The molecule has 152 valence electrons. The Labute approximate surface area is 170 Å². The third-order valence-corrected chi connectivity index (χ3v) is 5.46. The summed E-state index contributed by atoms with van der Waals surface area (Å²) in [6.45, 7) is 3.65. The van der Waals surface area contributed by atoms with Gasteiger partial charge in [0.1, 0.15) is 6.54 Å². The number of para-hydroxylation sites is 1. The number of likely N-dealkylation sites (tertiary alicyclic amines) is 1. The van der Waals surface area contributed by atoms with Gasteiger partial charge in [0, 0.05) is 19.3 Å². The Morgan fingerprint density at radius 2 is 1.76 bits per heavy atom. The first-order valence-corrected chi connectivity index (χ1v) is 10.3. The van der Waals surface area contributed by atoms with Gasteiger partial charge in [-0.15, -0.1) is 0 Å². The summed E-state index contributed by atoms with van der Waals surface area (Å²) in [7, 11) is 0. The molecule has 7 heteroatoms. The van der Waals surface area contributed by atoms with E-state index < -0.39 is 0 Å². The van der Waals surface area contributed by atoms with Gasteiger partial charge in [-0.2, -0.15) is 0 Å². The van der Waals surface area contributed by atoms with Crippen molar-refractivity contribution in [2.24, 2.45) is 0 Å². The van der Waals surface area contributed by atoms with E-state index in [4.69, 9.17) is 0 Å². The smallest absolute Gasteiger partial charge is 0.335 e. The van der Waals surface area contributed by atoms with Crippen LogP contribution in [0.2, 0.25) is 0 Å². The highest BCUT2D eigenvalue weighted by Crippen LogP contribution is 2.15. The number of carbonyl (C=O) groups is 1. The molecular weight excluding hydrogens is 366 g/mol. The Morgan fingerprint density at radius 1 is 1.00 bits per heavy atom. The van der Waals surface area contributed by atoms with E-state index in [0.29, 0.717) is 17.7 Å². The lowest BCUT2D eigenvalue weighted by Gasteiger charge is -2.19. The monoisotopic (exact) mass is 393 g/mol. The average molecular weight is 393 g/mol. The van der Waals surface area contributed by atoms with Gasteiger partial charge in [0.25, 0.3) is 0 Å². The van der Waals surface area contributed by atoms with Crippen LogP contribution >= 0.6 is 0 Å². The van der Waals surface area contributed by atoms with Gasteiger partial charge < -0.3 is 10.2 Å². The number of aromatic nitrogens is 3. The summed E-state index contributed by atoms with van der Waals surface area (Å²) in [5.74, 6) is -0.155. The first-order chi connectivity index (χ1) is 14.2. The SMILES string of the molecule is O=C(Cn1c(=O)n(-c2ccccc2)c2ncccc21)NCCN1CCCCCC1. The van der Waals surface area contributed by atoms with Crippen molar-refractivity contribution in [2.45, 2.75) is 32.2 Å². The minimum Gasteiger partial charge on any atom is -0.353 e. The molecule has 0 aliphatic carbocycles. The maximum absolute atomic E-state index is 13.1. The zero-order chi connectivity index (χ0) is 20.1. The molecule has 3 aromatic rings. The molecule has 1 aromatic carbocycles. The van der Waals surface area contributed by atoms with Crippen molar-refractivity contribution in [1.29, 1.82) is 0 Å². The molecule has 0 spiro atoms. The Kier molecular flexibility index (Phi) is 6.05. The summed E-state index contributed by atoms with van der Waals surface area (Å²) < 4.78 is 3.05. The minimum atomic E-state index is -0.257. The van der Waals surface area contributed by atoms with E-state index in [9.17, 15) is 9.59 Å². The van der Waals surface area contributed by atoms with Crippen molar-refractivity contribution in [1.82, 2.24) is 24.3 Å². The second kappa shape index (κ2) is 9.05. The van der Waals surface area contributed by atoms with Crippen LogP contribution in [0.4, 0.5) is 0 Å². The molecule has 0 bridgehead atoms. The van der Waals surface area contributed by atoms with Crippen LogP contribution in [0, 0.1) is 0 Å². The lowest BCUT2D eigenvalue weighted by atomic mass is 10.2. The normalized spacial score (nSPS) is 15.3. The second-order valence-electron chi connectivity index (χ2n) is 7.49. The van der Waals surface area contributed by atoms with Crippen LogP contribution in [0.15, 0.2) is 53.5 Å². The fraction of sp³-hybridized carbons (Fsp3) is 0.409. The largest absolute Gasteiger partial charge is 0.353 e. The molecule has 1 aliphatic rings. The standard InChI is InChI=1S/C22H27N5O2/c28-20(23-13-16-25-14-6-1-2-7-15-25)17-26-19-11-8-12-24-21(19)27(22(26)29)18-9-4-3-5-10-18/h3-5,8-12H,1-2,6-7,13-17H2,(H,23,28). The highest BCUT2D eigenvalue weighted by molar-refractivity contribution is 5.80. The molecule has 4 rings (SSSR count). The van der Waals surface area contributed by atoms with Gasteiger partial charge in [-0.05, 0) is 50.2 Å². The molecule has 0 radical (unpaired) electrons. The third kappa shape index (κ3) is 4.40. The summed E-state index contributed by atoms with van der Waals surface area (Å²) in [5, 5.41) is 2.97. The van der Waals surface area contributed by atoms with E-state index in [1.165, 1.54) is 30.3 Å². The predicted octanol–water partition coefficient (Wildman–Crippen LogP) is 2.18. The van der Waals surface area contributed by atoms with Crippen LogP contribution in [0.5, 0.6) is 0 Å². The van der Waals surface area contributed by atoms with Crippen molar-refractivity contribution >= 4 is 17.1 Å². The maximum Gasteiger partial charge on any atom is 0.335 e. The van der Waals surface area contributed by atoms with Crippen molar-refractivity contribution in [3.05, 3.63) is 59.1 Å². The third-order valence-electron chi connectivity index (χ3n) is 5.46. The molecule has 1 saturated heterocycles. The summed E-state index contributed by atoms with van der Waals surface area (Å²) >= 11 is 0. The minimum absolute atomic E-state index is 0.0130. The number of benzene rings is 1. The van der Waals surface area contributed by atoms with Crippen LogP contribution in [-0.4, -0.2) is 51.1 Å². The zero-order valence-corrected chi connectivity index (χ0v) is 16.6. The van der Waals surface area contributed by atoms with Crippen molar-refractivity contribution in [2.75, 3.05) is 26.2 Å². The van der Waals surface area contributed by atoms with E-state index >= 15 is 0 Å². The van der Waals surface area contributed by atoms with Gasteiger partial charge >= 0.3 is 5.69 Å². The van der Waals surface area contributed by atoms with Gasteiger partial charge in [0.05, 0.1) is 11.2 Å². The first-order valence-electron chi connectivity index (χ1n) is 10.3. The number of rotatable bonds is 6. The predicted molar refractivity (Wildman–Crippen MR) is 113 cm³/mol. The molecule has 0 saturated carbocycles. The fourth-order valence-corrected chi connectivity index (χ4v) is 3.96. The molecule has 0 unspecified atom stereocenters. The average Bonchev–Trinajstić information content (AvgIpc) is 2.90. The Balaban J connectivity index is 1.48. The number of fused-ring (bicyclic) bond motifs is 1. The van der Waals surface area contributed by atoms with Gasteiger partial charge in [-0.25, -0.2) is 14.3 Å². The van der Waals surface area contributed by atoms with E-state index in [2.05, 4.69) is 15.2 Å². The number of hydrogen-bond acceptors (Lipinski definition) is 4. The van der Waals surface area contributed by atoms with Crippen molar-refractivity contribution < 1.29 is 4.79 Å². The van der Waals surface area contributed by atoms with Crippen molar-refractivity contribution in [3.63, 3.8) is 0 Å². The van der Waals surface area contributed by atoms with Crippen LogP contribution in [0.1, 0.15) is 25.7 Å². The van der Waals surface area contributed by atoms with Gasteiger partial charge in [0.2, 0.25) is 5.91 Å². The summed E-state index contributed by atoms with van der Waals surface area (Å²) in [5.41, 5.74) is 1.69. The Hall–Kier alpha value is -2.93. The number of nitrogens with zero attached hydrogens (tertiary/aromatic N) is 4. The molecular formula is C22H27N5O2. The van der Waals surface area contributed by atoms with Gasteiger partial charge in [0.15, 0.2) is 5.65 Å². The van der Waals surface area contributed by atoms with E-state index in [0.717, 1.165) is 25.3 Å². The number of pyridine rings is 1. The molecule has 7 nitrogen and oxygen atoms in total. The highest BCUT2D eigenvalue weighted by Gasteiger charge is 2.17. The van der Waals surface area contributed by atoms with Gasteiger partial charge in [-0.1, -0.05) is 31.0 Å². The quantitative estimate of drug-likeness (QED) is 0.697. The molecule has 29 heavy (non-hydrogen) atoms. The number of imidazole rings is 1. The maximum atomic E-state index is 13.1. The number of hydrogen-bond donors (Lipinski definition) is 1. The first kappa shape index (κ1) is 19.4. The Bertz CT molecular complexity index is 1020. The molecule has 1 N–H and O–H groups in total. The second-order valence-corrected chi connectivity index (χ2v) is 7.49. The Morgan fingerprint density at radius 3 is 2.52 bits per heavy atom. The molecule has 1 fully saturated rings. The molecule has 0 atom stereocenters. The van der Waals surface area contributed by atoms with Crippen LogP contribution < -0.4 is 11.0 Å². The lowest BCUT2D eigenvalue weighted by Crippen LogP contribution is -2.38. The highest BCUT2D eigenvalue weighted by atomic mass is 16.2. The molecule has 3 heterocycles. The number of carbonyl (C=O) groups excluding carboxylic acids is 1. The summed E-state index contributed by atoms with van der Waals surface area (Å²) in [4.78, 5) is 32.4. The van der Waals surface area contributed by atoms with Crippen LogP contribution in [0.3, 0.4) is 0 Å². The number of amides is 1. The zero-order valence-electron chi connectivity index (χ0n) is 16.6. The topological polar surface area (TPSA) is 72.2 Å². The lowest BCUT2D eigenvalue weighted by molar-refractivity contribution is -0.121.